The highest BCUT2D eigenvalue weighted by atomic mass is 16.5. The van der Waals surface area contributed by atoms with Gasteiger partial charge in [-0.15, -0.1) is 0 Å². The zero-order chi connectivity index (χ0) is 11.2. The van der Waals surface area contributed by atoms with Crippen LogP contribution in [0.5, 0.6) is 5.75 Å². The normalized spacial score (nSPS) is 10.1. The molecule has 0 saturated carbocycles. The zero-order valence-electron chi connectivity index (χ0n) is 8.89. The maximum absolute atomic E-state index is 8.63. The van der Waals surface area contributed by atoms with Crippen molar-refractivity contribution in [2.45, 2.75) is 0 Å². The van der Waals surface area contributed by atoms with E-state index in [1.807, 2.05) is 48.5 Å². The first kappa shape index (κ1) is 10.7. The van der Waals surface area contributed by atoms with Gasteiger partial charge in [-0.3, -0.25) is 0 Å². The largest absolute Gasteiger partial charge is 0.491 e. The maximum atomic E-state index is 8.63. The first-order chi connectivity index (χ1) is 7.90. The maximum Gasteiger partial charge on any atom is 0.119 e. The van der Waals surface area contributed by atoms with Crippen LogP contribution in [0.3, 0.4) is 0 Å². The third-order valence-electron chi connectivity index (χ3n) is 2.23. The standard InChI is InChI=1S/C14H13O2/c15-10-11-16-14-8-6-13(7-9-14)12-4-2-1-3-5-12/h1-4,6-9,15H,10-11H2. The van der Waals surface area contributed by atoms with Gasteiger partial charge in [0, 0.05) is 0 Å². The molecule has 0 saturated heterocycles. The summed E-state index contributed by atoms with van der Waals surface area (Å²) in [7, 11) is 0. The Bertz CT molecular complexity index is 420. The molecule has 2 aromatic rings. The van der Waals surface area contributed by atoms with Crippen LogP contribution in [0.1, 0.15) is 0 Å². The number of ether oxygens (including phenoxy) is 1. The Morgan fingerprint density at radius 2 is 1.88 bits per heavy atom. The van der Waals surface area contributed by atoms with Gasteiger partial charge in [-0.05, 0) is 29.3 Å². The van der Waals surface area contributed by atoms with Crippen LogP contribution in [0.2, 0.25) is 0 Å². The van der Waals surface area contributed by atoms with Gasteiger partial charge in [-0.25, -0.2) is 0 Å². The van der Waals surface area contributed by atoms with Crippen molar-refractivity contribution in [2.24, 2.45) is 0 Å². The summed E-state index contributed by atoms with van der Waals surface area (Å²) in [5.74, 6) is 0.772. The zero-order valence-corrected chi connectivity index (χ0v) is 8.89. The summed E-state index contributed by atoms with van der Waals surface area (Å²) in [4.78, 5) is 0. The third-order valence-corrected chi connectivity index (χ3v) is 2.23. The van der Waals surface area contributed by atoms with Crippen LogP contribution in [0.4, 0.5) is 0 Å². The summed E-state index contributed by atoms with van der Waals surface area (Å²) in [5, 5.41) is 8.63. The van der Waals surface area contributed by atoms with Crippen molar-refractivity contribution >= 4 is 0 Å². The monoisotopic (exact) mass is 213 g/mol. The van der Waals surface area contributed by atoms with Gasteiger partial charge in [0.15, 0.2) is 0 Å². The summed E-state index contributed by atoms with van der Waals surface area (Å²) in [6.45, 7) is 0.366. The first-order valence-electron chi connectivity index (χ1n) is 5.21. The van der Waals surface area contributed by atoms with Gasteiger partial charge < -0.3 is 9.84 Å². The molecule has 2 heteroatoms. The van der Waals surface area contributed by atoms with Gasteiger partial charge in [0.1, 0.15) is 12.4 Å². The van der Waals surface area contributed by atoms with Crippen molar-refractivity contribution in [3.05, 3.63) is 54.6 Å². The van der Waals surface area contributed by atoms with E-state index in [9.17, 15) is 0 Å². The highest BCUT2D eigenvalue weighted by Crippen LogP contribution is 2.21. The topological polar surface area (TPSA) is 29.5 Å². The van der Waals surface area contributed by atoms with Crippen LogP contribution in [-0.4, -0.2) is 18.3 Å². The highest BCUT2D eigenvalue weighted by molar-refractivity contribution is 5.63. The Morgan fingerprint density at radius 1 is 1.06 bits per heavy atom. The second-order valence-electron chi connectivity index (χ2n) is 3.37. The summed E-state index contributed by atoms with van der Waals surface area (Å²) in [6.07, 6.45) is 0. The molecule has 16 heavy (non-hydrogen) atoms. The van der Waals surface area contributed by atoms with Crippen LogP contribution in [0.15, 0.2) is 48.5 Å². The molecule has 0 atom stereocenters. The van der Waals surface area contributed by atoms with E-state index in [1.54, 1.807) is 0 Å². The van der Waals surface area contributed by atoms with E-state index < -0.39 is 0 Å². The molecule has 0 aliphatic rings. The molecular formula is C14H13O2. The Balaban J connectivity index is 2.13. The average molecular weight is 213 g/mol. The molecule has 0 spiro atoms. The molecule has 2 aromatic carbocycles. The van der Waals surface area contributed by atoms with E-state index >= 15 is 0 Å². The SMILES string of the molecule is OCCOc1ccc(-c2[c]cccc2)cc1. The molecular weight excluding hydrogens is 200 g/mol. The smallest absolute Gasteiger partial charge is 0.119 e. The van der Waals surface area contributed by atoms with Gasteiger partial charge >= 0.3 is 0 Å². The van der Waals surface area contributed by atoms with Crippen molar-refractivity contribution in [3.63, 3.8) is 0 Å². The van der Waals surface area contributed by atoms with Crippen molar-refractivity contribution in [2.75, 3.05) is 13.2 Å². The number of aliphatic hydroxyl groups is 1. The van der Waals surface area contributed by atoms with E-state index in [4.69, 9.17) is 9.84 Å². The summed E-state index contributed by atoms with van der Waals surface area (Å²) < 4.78 is 5.29. The number of hydrogen-bond donors (Lipinski definition) is 1. The Labute approximate surface area is 95.1 Å². The minimum absolute atomic E-state index is 0.0359. The summed E-state index contributed by atoms with van der Waals surface area (Å²) in [5.41, 5.74) is 2.17. The molecule has 0 heterocycles. The summed E-state index contributed by atoms with van der Waals surface area (Å²) in [6, 6.07) is 18.8. The number of benzene rings is 2. The third kappa shape index (κ3) is 2.61. The molecule has 1 radical (unpaired) electrons. The highest BCUT2D eigenvalue weighted by Gasteiger charge is 1.97. The molecule has 0 amide bonds. The van der Waals surface area contributed by atoms with E-state index in [1.165, 1.54) is 0 Å². The van der Waals surface area contributed by atoms with E-state index in [0.717, 1.165) is 16.9 Å². The van der Waals surface area contributed by atoms with Crippen molar-refractivity contribution < 1.29 is 9.84 Å². The van der Waals surface area contributed by atoms with Crippen molar-refractivity contribution in [1.29, 1.82) is 0 Å². The molecule has 1 N–H and O–H groups in total. The predicted molar refractivity (Wildman–Crippen MR) is 63.3 cm³/mol. The Hall–Kier alpha value is -1.80. The fourth-order valence-electron chi connectivity index (χ4n) is 1.47. The van der Waals surface area contributed by atoms with Crippen molar-refractivity contribution in [1.82, 2.24) is 0 Å². The minimum Gasteiger partial charge on any atom is -0.491 e. The van der Waals surface area contributed by atoms with E-state index in [0.29, 0.717) is 6.61 Å². The lowest BCUT2D eigenvalue weighted by Crippen LogP contribution is -2.01. The Kier molecular flexibility index (Phi) is 3.57. The lowest BCUT2D eigenvalue weighted by molar-refractivity contribution is 0.201. The lowest BCUT2D eigenvalue weighted by Gasteiger charge is -2.05. The molecule has 0 aromatic heterocycles. The van der Waals surface area contributed by atoms with Crippen LogP contribution < -0.4 is 4.74 Å². The lowest BCUT2D eigenvalue weighted by atomic mass is 10.1. The van der Waals surface area contributed by atoms with Gasteiger partial charge in [-0.2, -0.15) is 0 Å². The number of hydrogen-bond acceptors (Lipinski definition) is 2. The van der Waals surface area contributed by atoms with Crippen LogP contribution >= 0.6 is 0 Å². The Morgan fingerprint density at radius 3 is 2.50 bits per heavy atom. The fourth-order valence-corrected chi connectivity index (χ4v) is 1.47. The van der Waals surface area contributed by atoms with Crippen LogP contribution in [0, 0.1) is 6.07 Å². The molecule has 0 bridgehead atoms. The molecule has 0 fully saturated rings. The fraction of sp³-hybridized carbons (Fsp3) is 0.143. The molecule has 0 aliphatic carbocycles. The van der Waals surface area contributed by atoms with Gasteiger partial charge in [0.05, 0.1) is 6.61 Å². The second kappa shape index (κ2) is 5.33. The molecule has 2 rings (SSSR count). The molecule has 0 aliphatic heterocycles. The van der Waals surface area contributed by atoms with Gasteiger partial charge in [0.25, 0.3) is 0 Å². The van der Waals surface area contributed by atoms with Crippen LogP contribution in [0.25, 0.3) is 11.1 Å². The quantitative estimate of drug-likeness (QED) is 0.845. The number of rotatable bonds is 4. The second-order valence-corrected chi connectivity index (χ2v) is 3.37. The summed E-state index contributed by atoms with van der Waals surface area (Å²) >= 11 is 0. The van der Waals surface area contributed by atoms with Crippen LogP contribution in [-0.2, 0) is 0 Å². The van der Waals surface area contributed by atoms with Gasteiger partial charge in [-0.1, -0.05) is 36.4 Å². The first-order valence-corrected chi connectivity index (χ1v) is 5.21. The molecule has 0 unspecified atom stereocenters. The molecule has 2 nitrogen and oxygen atoms in total. The number of aliphatic hydroxyl groups excluding tert-OH is 1. The van der Waals surface area contributed by atoms with Gasteiger partial charge in [0.2, 0.25) is 0 Å². The minimum atomic E-state index is 0.0359. The van der Waals surface area contributed by atoms with Crippen molar-refractivity contribution in [3.8, 4) is 16.9 Å². The molecule has 81 valence electrons. The predicted octanol–water partition coefficient (Wildman–Crippen LogP) is 2.52. The van der Waals surface area contributed by atoms with E-state index in [2.05, 4.69) is 6.07 Å². The average Bonchev–Trinajstić information content (AvgIpc) is 2.38. The van der Waals surface area contributed by atoms with E-state index in [-0.39, 0.29) is 6.61 Å².